The van der Waals surface area contributed by atoms with E-state index in [4.69, 9.17) is 9.72 Å². The van der Waals surface area contributed by atoms with Gasteiger partial charge in [-0.15, -0.1) is 0 Å². The van der Waals surface area contributed by atoms with Gasteiger partial charge in [0, 0.05) is 20.1 Å². The fourth-order valence-electron chi connectivity index (χ4n) is 3.93. The zero-order valence-electron chi connectivity index (χ0n) is 17.2. The molecule has 2 N–H and O–H groups in total. The van der Waals surface area contributed by atoms with Gasteiger partial charge in [0.15, 0.2) is 5.82 Å². The van der Waals surface area contributed by atoms with Gasteiger partial charge >= 0.3 is 0 Å². The Bertz CT molecular complexity index is 1290. The number of morpholine rings is 1. The average molecular weight is 438 g/mol. The first kappa shape index (κ1) is 20.1. The molecule has 1 aliphatic rings. The number of hydrogen-bond acceptors (Lipinski definition) is 5. The topological polar surface area (TPSA) is 88.1 Å². The van der Waals surface area contributed by atoms with Gasteiger partial charge in [0.25, 0.3) is 5.91 Å². The summed E-state index contributed by atoms with van der Waals surface area (Å²) < 4.78 is 35.4. The Morgan fingerprint density at radius 2 is 1.84 bits per heavy atom. The first-order valence-electron chi connectivity index (χ1n) is 10.1. The number of benzene rings is 2. The number of ether oxygens (including phenoxy) is 1. The molecule has 1 aliphatic heterocycles. The van der Waals surface area contributed by atoms with Crippen molar-refractivity contribution < 1.29 is 18.3 Å². The minimum absolute atomic E-state index is 0.268. The number of nitrogens with zero attached hydrogens (tertiary/aromatic N) is 4. The summed E-state index contributed by atoms with van der Waals surface area (Å²) in [6.45, 7) is 2.84. The van der Waals surface area contributed by atoms with Crippen LogP contribution in [0.2, 0.25) is 0 Å². The number of H-pyrrole nitrogens is 1. The average Bonchev–Trinajstić information content (AvgIpc) is 3.38. The molecule has 2 aromatic heterocycles. The van der Waals surface area contributed by atoms with E-state index in [-0.39, 0.29) is 5.69 Å². The van der Waals surface area contributed by atoms with Crippen LogP contribution in [0, 0.1) is 11.6 Å². The molecule has 0 radical (unpaired) electrons. The Kier molecular flexibility index (Phi) is 5.06. The van der Waals surface area contributed by atoms with E-state index in [2.05, 4.69) is 20.4 Å². The Morgan fingerprint density at radius 3 is 2.59 bits per heavy atom. The van der Waals surface area contributed by atoms with Crippen LogP contribution in [0.5, 0.6) is 0 Å². The van der Waals surface area contributed by atoms with E-state index in [0.29, 0.717) is 24.7 Å². The van der Waals surface area contributed by atoms with Gasteiger partial charge in [-0.1, -0.05) is 12.1 Å². The summed E-state index contributed by atoms with van der Waals surface area (Å²) in [6, 6.07) is 9.21. The van der Waals surface area contributed by atoms with Gasteiger partial charge < -0.3 is 19.5 Å². The van der Waals surface area contributed by atoms with Gasteiger partial charge in [-0.3, -0.25) is 9.89 Å². The van der Waals surface area contributed by atoms with Crippen molar-refractivity contribution >= 4 is 28.3 Å². The third-order valence-corrected chi connectivity index (χ3v) is 5.54. The number of carbonyl (C=O) groups is 1. The fraction of sp³-hybridized carbons (Fsp3) is 0.227. The van der Waals surface area contributed by atoms with Crippen molar-refractivity contribution in [2.24, 2.45) is 7.05 Å². The van der Waals surface area contributed by atoms with Crippen LogP contribution in [0.4, 0.5) is 20.2 Å². The number of hydrogen-bond donors (Lipinski definition) is 2. The number of imidazole rings is 1. The summed E-state index contributed by atoms with van der Waals surface area (Å²) in [6.07, 6.45) is 1.38. The molecule has 5 rings (SSSR count). The molecule has 1 saturated heterocycles. The smallest absolute Gasteiger partial charge is 0.261 e. The quantitative estimate of drug-likeness (QED) is 0.510. The molecule has 164 valence electrons. The zero-order valence-corrected chi connectivity index (χ0v) is 17.2. The molecule has 2 aromatic carbocycles. The van der Waals surface area contributed by atoms with Crippen molar-refractivity contribution in [3.63, 3.8) is 0 Å². The highest BCUT2D eigenvalue weighted by molar-refractivity contribution is 6.06. The highest BCUT2D eigenvalue weighted by atomic mass is 19.1. The van der Waals surface area contributed by atoms with Gasteiger partial charge in [0.1, 0.15) is 28.4 Å². The van der Waals surface area contributed by atoms with E-state index in [1.54, 1.807) is 0 Å². The highest BCUT2D eigenvalue weighted by Gasteiger charge is 2.23. The number of carbonyl (C=O) groups excluding carboxylic acids is 1. The van der Waals surface area contributed by atoms with Crippen LogP contribution in [-0.4, -0.2) is 52.0 Å². The monoisotopic (exact) mass is 438 g/mol. The lowest BCUT2D eigenvalue weighted by Gasteiger charge is -2.28. The zero-order chi connectivity index (χ0) is 22.2. The van der Waals surface area contributed by atoms with Gasteiger partial charge in [0.05, 0.1) is 36.3 Å². The molecule has 3 heterocycles. The van der Waals surface area contributed by atoms with Crippen molar-refractivity contribution in [2.75, 3.05) is 36.5 Å². The number of amides is 1. The fourth-order valence-corrected chi connectivity index (χ4v) is 3.93. The molecule has 4 aromatic rings. The second-order valence-electron chi connectivity index (χ2n) is 7.45. The van der Waals surface area contributed by atoms with Gasteiger partial charge in [-0.05, 0) is 24.3 Å². The summed E-state index contributed by atoms with van der Waals surface area (Å²) in [5, 5.41) is 9.39. The van der Waals surface area contributed by atoms with Gasteiger partial charge in [-0.2, -0.15) is 5.10 Å². The van der Waals surface area contributed by atoms with Crippen molar-refractivity contribution in [3.05, 3.63) is 59.8 Å². The maximum Gasteiger partial charge on any atom is 0.261 e. The summed E-state index contributed by atoms with van der Waals surface area (Å²) in [7, 11) is 1.86. The van der Waals surface area contributed by atoms with Crippen LogP contribution < -0.4 is 10.2 Å². The molecule has 0 saturated carbocycles. The van der Waals surface area contributed by atoms with E-state index >= 15 is 0 Å². The lowest BCUT2D eigenvalue weighted by atomic mass is 10.2. The van der Waals surface area contributed by atoms with Crippen LogP contribution in [-0.2, 0) is 11.8 Å². The van der Waals surface area contributed by atoms with Gasteiger partial charge in [-0.25, -0.2) is 13.8 Å². The third-order valence-electron chi connectivity index (χ3n) is 5.54. The van der Waals surface area contributed by atoms with E-state index in [9.17, 15) is 13.6 Å². The SMILES string of the molecule is Cn1c(-c2[nH]ncc2NC(=O)c2c(F)cccc2F)nc2c(N3CCOCC3)cccc21. The number of para-hydroxylation sites is 1. The number of aromatic amines is 1. The number of anilines is 2. The highest BCUT2D eigenvalue weighted by Crippen LogP contribution is 2.33. The Balaban J connectivity index is 1.53. The molecule has 8 nitrogen and oxygen atoms in total. The predicted octanol–water partition coefficient (Wildman–Crippen LogP) is 3.33. The molecule has 0 bridgehead atoms. The Labute approximate surface area is 181 Å². The summed E-state index contributed by atoms with van der Waals surface area (Å²) in [5.74, 6) is -2.26. The molecule has 0 unspecified atom stereocenters. The Morgan fingerprint density at radius 1 is 1.12 bits per heavy atom. The van der Waals surface area contributed by atoms with E-state index in [1.165, 1.54) is 12.3 Å². The van der Waals surface area contributed by atoms with Crippen LogP contribution in [0.3, 0.4) is 0 Å². The van der Waals surface area contributed by atoms with Crippen molar-refractivity contribution in [3.8, 4) is 11.5 Å². The predicted molar refractivity (Wildman–Crippen MR) is 116 cm³/mol. The molecular weight excluding hydrogens is 418 g/mol. The maximum atomic E-state index is 14.0. The summed E-state index contributed by atoms with van der Waals surface area (Å²) in [4.78, 5) is 19.6. The van der Waals surface area contributed by atoms with Crippen LogP contribution >= 0.6 is 0 Å². The number of halogens is 2. The molecule has 32 heavy (non-hydrogen) atoms. The van der Waals surface area contributed by atoms with E-state index < -0.39 is 23.1 Å². The first-order valence-corrected chi connectivity index (χ1v) is 10.1. The van der Waals surface area contributed by atoms with Crippen LogP contribution in [0.1, 0.15) is 10.4 Å². The third kappa shape index (κ3) is 3.38. The normalized spacial score (nSPS) is 14.2. The molecule has 0 atom stereocenters. The molecule has 10 heteroatoms. The summed E-state index contributed by atoms with van der Waals surface area (Å²) in [5.41, 5.74) is 2.74. The van der Waals surface area contributed by atoms with Gasteiger partial charge in [0.2, 0.25) is 0 Å². The van der Waals surface area contributed by atoms with Crippen molar-refractivity contribution in [2.45, 2.75) is 0 Å². The number of rotatable bonds is 4. The van der Waals surface area contributed by atoms with Crippen LogP contribution in [0.15, 0.2) is 42.6 Å². The lowest BCUT2D eigenvalue weighted by molar-refractivity contribution is 0.101. The molecule has 0 aliphatic carbocycles. The molecule has 1 amide bonds. The second-order valence-corrected chi connectivity index (χ2v) is 7.45. The Hall–Kier alpha value is -3.79. The first-order chi connectivity index (χ1) is 15.5. The number of aryl methyl sites for hydroxylation is 1. The molecule has 1 fully saturated rings. The number of aromatic nitrogens is 4. The van der Waals surface area contributed by atoms with E-state index in [0.717, 1.165) is 41.9 Å². The minimum atomic E-state index is -0.939. The lowest BCUT2D eigenvalue weighted by Crippen LogP contribution is -2.36. The van der Waals surface area contributed by atoms with Crippen molar-refractivity contribution in [1.29, 1.82) is 0 Å². The minimum Gasteiger partial charge on any atom is -0.378 e. The number of fused-ring (bicyclic) bond motifs is 1. The molecule has 0 spiro atoms. The maximum absolute atomic E-state index is 14.0. The van der Waals surface area contributed by atoms with E-state index in [1.807, 2.05) is 29.8 Å². The largest absolute Gasteiger partial charge is 0.378 e. The molecular formula is C22H20F2N6O2. The second kappa shape index (κ2) is 8.04. The number of nitrogens with one attached hydrogen (secondary N) is 2. The standard InChI is InChI=1S/C22H20F2N6O2/c1-29-16-6-3-7-17(30-8-10-32-11-9-30)20(16)27-21(29)19-15(12-25-28-19)26-22(31)18-13(23)4-2-5-14(18)24/h2-7,12H,8-11H2,1H3,(H,25,28)(H,26,31). The summed E-state index contributed by atoms with van der Waals surface area (Å²) >= 11 is 0. The van der Waals surface area contributed by atoms with Crippen molar-refractivity contribution in [1.82, 2.24) is 19.7 Å². The van der Waals surface area contributed by atoms with Crippen LogP contribution in [0.25, 0.3) is 22.6 Å².